The zero-order chi connectivity index (χ0) is 49.7. The molecule has 356 valence electrons. The molecule has 0 radical (unpaired) electrons. The lowest BCUT2D eigenvalue weighted by Crippen LogP contribution is -2.30. The number of benzene rings is 10. The van der Waals surface area contributed by atoms with E-state index in [9.17, 15) is 0 Å². The van der Waals surface area contributed by atoms with Crippen LogP contribution in [0.5, 0.6) is 0 Å². The first-order chi connectivity index (χ1) is 36.5. The van der Waals surface area contributed by atoms with E-state index in [0.29, 0.717) is 17.5 Å². The van der Waals surface area contributed by atoms with Crippen LogP contribution in [0.15, 0.2) is 267 Å². The van der Waals surface area contributed by atoms with Gasteiger partial charge in [-0.2, -0.15) is 0 Å². The standard InChI is InChI=1S/C69H54N3OP/c73-74(61-25-10-3-11-26-61,62-27-12-4-13-28-62)63-45-39-52(40-46-63)51-35-41-59(42-36-51)69(47-16-5-17-48-69)60-43-37-56(38-44-60)67-70-66(71-68(72-67)58-24-18-23-57(49-58)50-19-6-1-7-20-50)55-33-31-54(32-34-55)65-30-15-14-29-64(65)53-21-8-2-9-22-53/h1-4,6-15,18-46,49H,5,16-17,47-48H2. The zero-order valence-corrected chi connectivity index (χ0v) is 42.0. The predicted octanol–water partition coefficient (Wildman–Crippen LogP) is 16.4. The molecule has 1 heterocycles. The third-order valence-corrected chi connectivity index (χ3v) is 18.0. The normalized spacial score (nSPS) is 13.3. The largest absolute Gasteiger partial charge is 0.309 e. The van der Waals surface area contributed by atoms with E-state index in [1.54, 1.807) is 0 Å². The Morgan fingerprint density at radius 2 is 0.622 bits per heavy atom. The van der Waals surface area contributed by atoms with Gasteiger partial charge in [0.1, 0.15) is 0 Å². The minimum Gasteiger partial charge on any atom is -0.309 e. The Kier molecular flexibility index (Phi) is 12.9. The molecule has 4 nitrogen and oxygen atoms in total. The van der Waals surface area contributed by atoms with Crippen molar-refractivity contribution >= 4 is 23.1 Å². The van der Waals surface area contributed by atoms with Crippen molar-refractivity contribution < 1.29 is 4.57 Å². The van der Waals surface area contributed by atoms with E-state index in [1.165, 1.54) is 47.1 Å². The van der Waals surface area contributed by atoms with E-state index in [0.717, 1.165) is 73.3 Å². The van der Waals surface area contributed by atoms with Crippen LogP contribution in [0.3, 0.4) is 0 Å². The van der Waals surface area contributed by atoms with Crippen molar-refractivity contribution in [2.45, 2.75) is 37.5 Å². The topological polar surface area (TPSA) is 55.7 Å². The fourth-order valence-electron chi connectivity index (χ4n) is 11.0. The van der Waals surface area contributed by atoms with Gasteiger partial charge in [-0.05, 0) is 74.5 Å². The van der Waals surface area contributed by atoms with Crippen LogP contribution in [0.1, 0.15) is 43.2 Å². The second-order valence-corrected chi connectivity index (χ2v) is 22.1. The van der Waals surface area contributed by atoms with Crippen molar-refractivity contribution in [3.05, 3.63) is 278 Å². The van der Waals surface area contributed by atoms with Crippen LogP contribution in [-0.4, -0.2) is 15.0 Å². The first-order valence-electron chi connectivity index (χ1n) is 25.7. The molecule has 0 unspecified atom stereocenters. The lowest BCUT2D eigenvalue weighted by molar-refractivity contribution is 0.346. The molecule has 0 amide bonds. The summed E-state index contributed by atoms with van der Waals surface area (Å²) in [4.78, 5) is 15.6. The van der Waals surface area contributed by atoms with Crippen LogP contribution < -0.4 is 15.9 Å². The van der Waals surface area contributed by atoms with Crippen LogP contribution in [0.2, 0.25) is 0 Å². The lowest BCUT2D eigenvalue weighted by Gasteiger charge is -2.39. The van der Waals surface area contributed by atoms with E-state index in [2.05, 4.69) is 200 Å². The number of hydrogen-bond acceptors (Lipinski definition) is 4. The summed E-state index contributed by atoms with van der Waals surface area (Å²) in [5.41, 5.74) is 14.5. The quantitative estimate of drug-likeness (QED) is 0.114. The molecule has 10 aromatic carbocycles. The molecular weight excluding hydrogens is 918 g/mol. The van der Waals surface area contributed by atoms with Gasteiger partial charge in [0.2, 0.25) is 0 Å². The maximum absolute atomic E-state index is 15.0. The number of nitrogens with zero attached hydrogens (tertiary/aromatic N) is 3. The maximum Gasteiger partial charge on any atom is 0.171 e. The van der Waals surface area contributed by atoms with Gasteiger partial charge in [-0.3, -0.25) is 0 Å². The molecule has 0 spiro atoms. The molecule has 0 atom stereocenters. The fraction of sp³-hybridized carbons (Fsp3) is 0.0870. The molecule has 5 heteroatoms. The first-order valence-corrected chi connectivity index (χ1v) is 27.4. The average molecular weight is 972 g/mol. The number of aromatic nitrogens is 3. The Bertz CT molecular complexity index is 3680. The summed E-state index contributed by atoms with van der Waals surface area (Å²) < 4.78 is 15.0. The summed E-state index contributed by atoms with van der Waals surface area (Å²) in [5, 5.41) is 2.51. The SMILES string of the molecule is O=P(c1ccccc1)(c1ccccc1)c1ccc(-c2ccc(C3(c4ccc(-c5nc(-c6ccc(-c7ccccc7-c7ccccc7)cc6)nc(-c6cccc(-c7ccccc7)c6)n5)cc4)CCCCC3)cc2)cc1. The van der Waals surface area contributed by atoms with E-state index < -0.39 is 7.14 Å². The summed E-state index contributed by atoms with van der Waals surface area (Å²) in [7, 11) is -3.06. The van der Waals surface area contributed by atoms with Crippen molar-refractivity contribution in [1.82, 2.24) is 15.0 Å². The van der Waals surface area contributed by atoms with E-state index in [-0.39, 0.29) is 5.41 Å². The van der Waals surface area contributed by atoms with Crippen LogP contribution in [0, 0.1) is 0 Å². The van der Waals surface area contributed by atoms with E-state index >= 15 is 4.57 Å². The Morgan fingerprint density at radius 3 is 1.14 bits per heavy atom. The highest BCUT2D eigenvalue weighted by atomic mass is 31.2. The molecule has 11 aromatic rings. The highest BCUT2D eigenvalue weighted by Gasteiger charge is 2.36. The number of hydrogen-bond donors (Lipinski definition) is 0. The van der Waals surface area contributed by atoms with Crippen LogP contribution in [0.25, 0.3) is 78.7 Å². The zero-order valence-electron chi connectivity index (χ0n) is 41.1. The molecule has 0 aliphatic heterocycles. The van der Waals surface area contributed by atoms with Crippen molar-refractivity contribution in [2.75, 3.05) is 0 Å². The smallest absolute Gasteiger partial charge is 0.171 e. The van der Waals surface area contributed by atoms with Gasteiger partial charge in [0.05, 0.1) is 0 Å². The van der Waals surface area contributed by atoms with Gasteiger partial charge >= 0.3 is 0 Å². The van der Waals surface area contributed by atoms with Gasteiger partial charge in [0.25, 0.3) is 0 Å². The van der Waals surface area contributed by atoms with Crippen LogP contribution >= 0.6 is 7.14 Å². The monoisotopic (exact) mass is 971 g/mol. The summed E-state index contributed by atoms with van der Waals surface area (Å²) in [5.74, 6) is 1.89. The fourth-order valence-corrected chi connectivity index (χ4v) is 13.7. The van der Waals surface area contributed by atoms with E-state index in [4.69, 9.17) is 15.0 Å². The molecule has 1 aliphatic carbocycles. The predicted molar refractivity (Wildman–Crippen MR) is 308 cm³/mol. The Balaban J connectivity index is 0.868. The molecule has 0 bridgehead atoms. The van der Waals surface area contributed by atoms with Crippen molar-refractivity contribution in [1.29, 1.82) is 0 Å². The summed E-state index contributed by atoms with van der Waals surface area (Å²) in [6.07, 6.45) is 5.75. The van der Waals surface area contributed by atoms with Gasteiger partial charge < -0.3 is 4.57 Å². The third-order valence-electron chi connectivity index (χ3n) is 15.0. The minimum absolute atomic E-state index is 0.120. The highest BCUT2D eigenvalue weighted by Crippen LogP contribution is 2.47. The molecule has 12 rings (SSSR count). The molecule has 1 aliphatic rings. The average Bonchev–Trinajstić information content (AvgIpc) is 3.50. The maximum atomic E-state index is 15.0. The second kappa shape index (κ2) is 20.5. The van der Waals surface area contributed by atoms with Crippen molar-refractivity contribution in [3.8, 4) is 78.7 Å². The summed E-state index contributed by atoms with van der Waals surface area (Å²) in [6, 6.07) is 93.0. The summed E-state index contributed by atoms with van der Waals surface area (Å²) >= 11 is 0. The van der Waals surface area contributed by atoms with Crippen molar-refractivity contribution in [2.24, 2.45) is 0 Å². The van der Waals surface area contributed by atoms with Crippen LogP contribution in [0.4, 0.5) is 0 Å². The molecule has 1 saturated carbocycles. The highest BCUT2D eigenvalue weighted by molar-refractivity contribution is 7.85. The van der Waals surface area contributed by atoms with Gasteiger partial charge in [0.15, 0.2) is 24.6 Å². The van der Waals surface area contributed by atoms with Crippen LogP contribution in [-0.2, 0) is 9.98 Å². The lowest BCUT2D eigenvalue weighted by atomic mass is 9.65. The van der Waals surface area contributed by atoms with Gasteiger partial charge in [0, 0.05) is 38.0 Å². The molecule has 1 fully saturated rings. The number of rotatable bonds is 12. The molecular formula is C69H54N3OP. The Hall–Kier alpha value is -8.56. The first kappa shape index (κ1) is 46.5. The molecule has 0 saturated heterocycles. The van der Waals surface area contributed by atoms with Crippen molar-refractivity contribution in [3.63, 3.8) is 0 Å². The molecule has 0 N–H and O–H groups in total. The second-order valence-electron chi connectivity index (χ2n) is 19.4. The van der Waals surface area contributed by atoms with Gasteiger partial charge in [-0.1, -0.05) is 280 Å². The Labute approximate surface area is 434 Å². The Morgan fingerprint density at radius 1 is 0.284 bits per heavy atom. The van der Waals surface area contributed by atoms with Gasteiger partial charge in [-0.15, -0.1) is 0 Å². The molecule has 1 aromatic heterocycles. The summed E-state index contributed by atoms with van der Waals surface area (Å²) in [6.45, 7) is 0. The third kappa shape index (κ3) is 9.15. The van der Waals surface area contributed by atoms with Gasteiger partial charge in [-0.25, -0.2) is 15.0 Å². The van der Waals surface area contributed by atoms with E-state index in [1.807, 2.05) is 66.7 Å². The minimum atomic E-state index is -3.06. The molecule has 74 heavy (non-hydrogen) atoms.